The van der Waals surface area contributed by atoms with Gasteiger partial charge in [0.1, 0.15) is 5.75 Å². The van der Waals surface area contributed by atoms with Crippen LogP contribution in [0.5, 0.6) is 5.75 Å². The number of methoxy groups -OCH3 is 1. The molecule has 0 bridgehead atoms. The minimum absolute atomic E-state index is 0.0369. The average Bonchev–Trinajstić information content (AvgIpc) is 2.30. The van der Waals surface area contributed by atoms with Crippen molar-refractivity contribution >= 4 is 11.9 Å². The van der Waals surface area contributed by atoms with Crippen LogP contribution in [-0.2, 0) is 15.0 Å². The van der Waals surface area contributed by atoms with E-state index in [-0.39, 0.29) is 12.0 Å². The van der Waals surface area contributed by atoms with Gasteiger partial charge in [0, 0.05) is 0 Å². The van der Waals surface area contributed by atoms with Gasteiger partial charge in [0.05, 0.1) is 7.11 Å². The van der Waals surface area contributed by atoms with E-state index in [0.717, 1.165) is 0 Å². The largest absolute Gasteiger partial charge is 0.497 e. The molecule has 0 fully saturated rings. The highest BCUT2D eigenvalue weighted by molar-refractivity contribution is 6.04. The molecule has 0 unspecified atom stereocenters. The van der Waals surface area contributed by atoms with E-state index in [0.29, 0.717) is 5.75 Å². The highest BCUT2D eigenvalue weighted by atomic mass is 16.5. The molecular formula is C12H14O5. The maximum Gasteiger partial charge on any atom is 0.325 e. The summed E-state index contributed by atoms with van der Waals surface area (Å²) in [6.45, 7) is 1.53. The monoisotopic (exact) mass is 238 g/mol. The van der Waals surface area contributed by atoms with Gasteiger partial charge in [-0.25, -0.2) is 0 Å². The Morgan fingerprint density at radius 1 is 1.29 bits per heavy atom. The molecule has 5 nitrogen and oxygen atoms in total. The lowest BCUT2D eigenvalue weighted by molar-refractivity contribution is -0.157. The van der Waals surface area contributed by atoms with E-state index in [2.05, 4.69) is 0 Å². The van der Waals surface area contributed by atoms with Gasteiger partial charge in [-0.05, 0) is 24.1 Å². The molecule has 17 heavy (non-hydrogen) atoms. The van der Waals surface area contributed by atoms with Crippen LogP contribution in [0, 0.1) is 0 Å². The molecule has 0 spiro atoms. The Hall–Kier alpha value is -2.04. The Labute approximate surface area is 98.6 Å². The van der Waals surface area contributed by atoms with Gasteiger partial charge < -0.3 is 14.9 Å². The zero-order valence-electron chi connectivity index (χ0n) is 9.64. The molecule has 0 saturated heterocycles. The molecule has 1 rings (SSSR count). The number of rotatable bonds is 5. The zero-order valence-corrected chi connectivity index (χ0v) is 9.64. The average molecular weight is 238 g/mol. The van der Waals surface area contributed by atoms with Crippen LogP contribution in [0.4, 0.5) is 0 Å². The third-order valence-electron chi connectivity index (χ3n) is 2.82. The van der Waals surface area contributed by atoms with Gasteiger partial charge in [0.15, 0.2) is 5.41 Å². The Balaban J connectivity index is 3.40. The molecular weight excluding hydrogens is 224 g/mol. The van der Waals surface area contributed by atoms with Crippen LogP contribution in [0.1, 0.15) is 18.9 Å². The molecule has 0 amide bonds. The van der Waals surface area contributed by atoms with Crippen molar-refractivity contribution in [2.24, 2.45) is 0 Å². The number of aliphatic carboxylic acids is 2. The van der Waals surface area contributed by atoms with Gasteiger partial charge in [-0.3, -0.25) is 9.59 Å². The molecule has 0 aliphatic rings. The third kappa shape index (κ3) is 2.08. The van der Waals surface area contributed by atoms with Gasteiger partial charge in [-0.1, -0.05) is 19.1 Å². The number of benzene rings is 1. The Morgan fingerprint density at radius 3 is 2.29 bits per heavy atom. The lowest BCUT2D eigenvalue weighted by Crippen LogP contribution is -2.43. The summed E-state index contributed by atoms with van der Waals surface area (Å²) in [5.74, 6) is -2.32. The van der Waals surface area contributed by atoms with E-state index < -0.39 is 17.4 Å². The van der Waals surface area contributed by atoms with E-state index in [9.17, 15) is 19.8 Å². The predicted molar refractivity (Wildman–Crippen MR) is 60.2 cm³/mol. The summed E-state index contributed by atoms with van der Waals surface area (Å²) in [6, 6.07) is 6.12. The van der Waals surface area contributed by atoms with Gasteiger partial charge >= 0.3 is 11.9 Å². The Kier molecular flexibility index (Phi) is 3.73. The second-order valence-corrected chi connectivity index (χ2v) is 3.60. The predicted octanol–water partition coefficient (Wildman–Crippen LogP) is 1.51. The topological polar surface area (TPSA) is 83.8 Å². The summed E-state index contributed by atoms with van der Waals surface area (Å²) >= 11 is 0. The van der Waals surface area contributed by atoms with Crippen LogP contribution in [0.15, 0.2) is 24.3 Å². The number of carboxylic acid groups (broad SMARTS) is 2. The molecule has 5 heteroatoms. The maximum atomic E-state index is 11.3. The van der Waals surface area contributed by atoms with Crippen LogP contribution in [0.3, 0.4) is 0 Å². The lowest BCUT2D eigenvalue weighted by atomic mass is 9.78. The zero-order chi connectivity index (χ0) is 13.1. The highest BCUT2D eigenvalue weighted by Gasteiger charge is 2.46. The van der Waals surface area contributed by atoms with Gasteiger partial charge in [-0.2, -0.15) is 0 Å². The van der Waals surface area contributed by atoms with Gasteiger partial charge in [-0.15, -0.1) is 0 Å². The first-order valence-corrected chi connectivity index (χ1v) is 5.10. The number of carboxylic acids is 2. The second-order valence-electron chi connectivity index (χ2n) is 3.60. The summed E-state index contributed by atoms with van der Waals surface area (Å²) < 4.78 is 4.97. The molecule has 0 aromatic heterocycles. The molecule has 0 radical (unpaired) electrons. The lowest BCUT2D eigenvalue weighted by Gasteiger charge is -2.24. The highest BCUT2D eigenvalue weighted by Crippen LogP contribution is 2.31. The SMILES string of the molecule is CCC(C(=O)O)(C(=O)O)c1cccc(OC)c1. The number of hydrogen-bond donors (Lipinski definition) is 2. The fraction of sp³-hybridized carbons (Fsp3) is 0.333. The van der Waals surface area contributed by atoms with Crippen LogP contribution in [0.25, 0.3) is 0 Å². The van der Waals surface area contributed by atoms with E-state index in [4.69, 9.17) is 4.74 Å². The van der Waals surface area contributed by atoms with Crippen molar-refractivity contribution in [3.8, 4) is 5.75 Å². The summed E-state index contributed by atoms with van der Waals surface area (Å²) in [6.07, 6.45) is -0.0369. The van der Waals surface area contributed by atoms with Gasteiger partial charge in [0.2, 0.25) is 0 Å². The fourth-order valence-electron chi connectivity index (χ4n) is 1.73. The van der Waals surface area contributed by atoms with Crippen LogP contribution in [-0.4, -0.2) is 29.3 Å². The van der Waals surface area contributed by atoms with Crippen LogP contribution in [0.2, 0.25) is 0 Å². The van der Waals surface area contributed by atoms with Gasteiger partial charge in [0.25, 0.3) is 0 Å². The molecule has 0 aliphatic carbocycles. The number of ether oxygens (including phenoxy) is 1. The number of hydrogen-bond acceptors (Lipinski definition) is 3. The van der Waals surface area contributed by atoms with E-state index in [1.54, 1.807) is 12.1 Å². The van der Waals surface area contributed by atoms with Crippen LogP contribution < -0.4 is 4.74 Å². The summed E-state index contributed by atoms with van der Waals surface area (Å²) in [7, 11) is 1.44. The van der Waals surface area contributed by atoms with E-state index in [1.807, 2.05) is 0 Å². The van der Waals surface area contributed by atoms with Crippen molar-refractivity contribution < 1.29 is 24.5 Å². The minimum atomic E-state index is -1.92. The second kappa shape index (κ2) is 4.86. The van der Waals surface area contributed by atoms with Crippen molar-refractivity contribution in [2.45, 2.75) is 18.8 Å². The summed E-state index contributed by atoms with van der Waals surface area (Å²) in [4.78, 5) is 22.5. The van der Waals surface area contributed by atoms with Crippen molar-refractivity contribution in [3.05, 3.63) is 29.8 Å². The quantitative estimate of drug-likeness (QED) is 0.759. The standard InChI is InChI=1S/C12H14O5/c1-3-12(10(13)14,11(15)16)8-5-4-6-9(7-8)17-2/h4-7H,3H2,1-2H3,(H,13,14)(H,15,16). The summed E-state index contributed by atoms with van der Waals surface area (Å²) in [5, 5.41) is 18.4. The molecule has 0 saturated carbocycles. The Morgan fingerprint density at radius 2 is 1.88 bits per heavy atom. The minimum Gasteiger partial charge on any atom is -0.497 e. The smallest absolute Gasteiger partial charge is 0.325 e. The first-order chi connectivity index (χ1) is 7.98. The third-order valence-corrected chi connectivity index (χ3v) is 2.82. The van der Waals surface area contributed by atoms with Crippen LogP contribution >= 0.6 is 0 Å². The van der Waals surface area contributed by atoms with Crippen molar-refractivity contribution in [1.82, 2.24) is 0 Å². The maximum absolute atomic E-state index is 11.3. The molecule has 92 valence electrons. The molecule has 0 atom stereocenters. The fourth-order valence-corrected chi connectivity index (χ4v) is 1.73. The molecule has 1 aromatic rings. The van der Waals surface area contributed by atoms with E-state index in [1.165, 1.54) is 26.2 Å². The normalized spacial score (nSPS) is 10.9. The van der Waals surface area contributed by atoms with Crippen molar-refractivity contribution in [2.75, 3.05) is 7.11 Å². The molecule has 2 N–H and O–H groups in total. The molecule has 0 heterocycles. The van der Waals surface area contributed by atoms with Crippen molar-refractivity contribution in [3.63, 3.8) is 0 Å². The molecule has 0 aliphatic heterocycles. The first-order valence-electron chi connectivity index (χ1n) is 5.10. The Bertz CT molecular complexity index is 424. The molecule has 1 aromatic carbocycles. The van der Waals surface area contributed by atoms with Crippen molar-refractivity contribution in [1.29, 1.82) is 0 Å². The van der Waals surface area contributed by atoms with E-state index >= 15 is 0 Å². The summed E-state index contributed by atoms with van der Waals surface area (Å²) in [5.41, 5.74) is -1.71. The number of carbonyl (C=O) groups is 2. The first kappa shape index (κ1) is 13.0.